The molecule has 0 unspecified atom stereocenters. The molecule has 2 N–H and O–H groups in total. The third kappa shape index (κ3) is 3.24. The van der Waals surface area contributed by atoms with Gasteiger partial charge in [-0.2, -0.15) is 0 Å². The average Bonchev–Trinajstić information content (AvgIpc) is 2.35. The molecule has 0 aliphatic carbocycles. The van der Waals surface area contributed by atoms with Gasteiger partial charge in [-0.25, -0.2) is 0 Å². The molecule has 0 atom stereocenters. The van der Waals surface area contributed by atoms with Crippen molar-refractivity contribution in [1.82, 2.24) is 0 Å². The molecule has 16 heavy (non-hydrogen) atoms. The summed E-state index contributed by atoms with van der Waals surface area (Å²) in [6, 6.07) is 5.63. The zero-order chi connectivity index (χ0) is 12.0. The monoisotopic (exact) mass is 223 g/mol. The second kappa shape index (κ2) is 6.12. The number of aryl methyl sites for hydroxylation is 1. The molecular weight excluding hydrogens is 206 g/mol. The van der Waals surface area contributed by atoms with Crippen LogP contribution in [0.15, 0.2) is 18.2 Å². The first-order valence-corrected chi connectivity index (χ1v) is 5.14. The second-order valence-corrected chi connectivity index (χ2v) is 3.43. The summed E-state index contributed by atoms with van der Waals surface area (Å²) in [6.07, 6.45) is 1.14. The summed E-state index contributed by atoms with van der Waals surface area (Å²) in [5.74, 6) is 1.44. The van der Waals surface area contributed by atoms with Gasteiger partial charge in [0.1, 0.15) is 5.78 Å². The fraction of sp³-hybridized carbons (Fsp3) is 0.417. The maximum atomic E-state index is 11.1. The number of carbonyl (C=O) groups excluding carboxylic acids is 1. The molecule has 0 fully saturated rings. The Hall–Kier alpha value is -1.55. The highest BCUT2D eigenvalue weighted by Gasteiger charge is 2.05. The van der Waals surface area contributed by atoms with Gasteiger partial charge in [-0.3, -0.25) is 4.79 Å². The van der Waals surface area contributed by atoms with Crippen molar-refractivity contribution in [2.24, 2.45) is 5.73 Å². The predicted molar refractivity (Wildman–Crippen MR) is 61.9 cm³/mol. The first-order valence-electron chi connectivity index (χ1n) is 5.14. The molecule has 0 aliphatic rings. The fourth-order valence-electron chi connectivity index (χ4n) is 1.42. The van der Waals surface area contributed by atoms with Crippen LogP contribution in [0.4, 0.5) is 0 Å². The Morgan fingerprint density at radius 1 is 1.25 bits per heavy atom. The predicted octanol–water partition coefficient (Wildman–Crippen LogP) is 1.16. The van der Waals surface area contributed by atoms with Crippen LogP contribution >= 0.6 is 0 Å². The first kappa shape index (κ1) is 12.5. The lowest BCUT2D eigenvalue weighted by Crippen LogP contribution is -2.13. The molecule has 0 saturated heterocycles. The molecule has 0 spiro atoms. The number of hydrogen-bond donors (Lipinski definition) is 1. The maximum absolute atomic E-state index is 11.1. The minimum absolute atomic E-state index is 0.0646. The minimum atomic E-state index is 0.0646. The van der Waals surface area contributed by atoms with Crippen LogP contribution in [0.5, 0.6) is 11.5 Å². The number of nitrogens with two attached hydrogens (primary N) is 1. The van der Waals surface area contributed by atoms with Crippen LogP contribution in [0.2, 0.25) is 0 Å². The van der Waals surface area contributed by atoms with Gasteiger partial charge in [-0.05, 0) is 24.1 Å². The molecule has 1 rings (SSSR count). The summed E-state index contributed by atoms with van der Waals surface area (Å²) in [6.45, 7) is 0.104. The molecule has 1 aromatic carbocycles. The zero-order valence-corrected chi connectivity index (χ0v) is 9.66. The van der Waals surface area contributed by atoms with Gasteiger partial charge in [0, 0.05) is 6.42 Å². The highest BCUT2D eigenvalue weighted by molar-refractivity contribution is 5.80. The van der Waals surface area contributed by atoms with E-state index in [1.54, 1.807) is 14.2 Å². The van der Waals surface area contributed by atoms with E-state index >= 15 is 0 Å². The lowest BCUT2D eigenvalue weighted by atomic mass is 10.1. The van der Waals surface area contributed by atoms with Gasteiger partial charge in [-0.15, -0.1) is 0 Å². The molecule has 0 radical (unpaired) electrons. The topological polar surface area (TPSA) is 61.5 Å². The SMILES string of the molecule is COc1ccc(CCC(=O)CN)cc1OC. The molecule has 0 aromatic heterocycles. The van der Waals surface area contributed by atoms with Crippen molar-refractivity contribution in [2.75, 3.05) is 20.8 Å². The number of ether oxygens (including phenoxy) is 2. The van der Waals surface area contributed by atoms with Crippen molar-refractivity contribution in [2.45, 2.75) is 12.8 Å². The van der Waals surface area contributed by atoms with E-state index in [1.807, 2.05) is 18.2 Å². The van der Waals surface area contributed by atoms with Crippen molar-refractivity contribution < 1.29 is 14.3 Å². The number of methoxy groups -OCH3 is 2. The first-order chi connectivity index (χ1) is 7.71. The normalized spacial score (nSPS) is 9.94. The van der Waals surface area contributed by atoms with E-state index in [9.17, 15) is 4.79 Å². The molecule has 0 bridgehead atoms. The average molecular weight is 223 g/mol. The van der Waals surface area contributed by atoms with Crippen LogP contribution in [-0.2, 0) is 11.2 Å². The Morgan fingerprint density at radius 2 is 1.94 bits per heavy atom. The molecule has 0 aliphatic heterocycles. The van der Waals surface area contributed by atoms with Gasteiger partial charge in [0.05, 0.1) is 20.8 Å². The van der Waals surface area contributed by atoms with Crippen LogP contribution in [0.1, 0.15) is 12.0 Å². The van der Waals surface area contributed by atoms with E-state index in [4.69, 9.17) is 15.2 Å². The Labute approximate surface area is 95.3 Å². The summed E-state index contributed by atoms with van der Waals surface area (Å²) in [7, 11) is 3.18. The summed E-state index contributed by atoms with van der Waals surface area (Å²) in [4.78, 5) is 11.1. The quantitative estimate of drug-likeness (QED) is 0.786. The van der Waals surface area contributed by atoms with Gasteiger partial charge < -0.3 is 15.2 Å². The van der Waals surface area contributed by atoms with Crippen molar-refractivity contribution in [3.8, 4) is 11.5 Å². The standard InChI is InChI=1S/C12H17NO3/c1-15-11-6-4-9(7-12(11)16-2)3-5-10(14)8-13/h4,6-7H,3,5,8,13H2,1-2H3. The van der Waals surface area contributed by atoms with Crippen molar-refractivity contribution >= 4 is 5.78 Å². The number of ketones is 1. The number of rotatable bonds is 6. The Morgan fingerprint density at radius 3 is 2.50 bits per heavy atom. The third-order valence-corrected chi connectivity index (χ3v) is 2.37. The second-order valence-electron chi connectivity index (χ2n) is 3.43. The molecule has 88 valence electrons. The van der Waals surface area contributed by atoms with E-state index in [0.29, 0.717) is 24.3 Å². The van der Waals surface area contributed by atoms with Gasteiger partial charge >= 0.3 is 0 Å². The van der Waals surface area contributed by atoms with E-state index in [0.717, 1.165) is 5.56 Å². The largest absolute Gasteiger partial charge is 0.493 e. The molecule has 0 amide bonds. The smallest absolute Gasteiger partial charge is 0.160 e. The van der Waals surface area contributed by atoms with Gasteiger partial charge in [0.25, 0.3) is 0 Å². The number of Topliss-reactive ketones (excluding diaryl/α,β-unsaturated/α-hetero) is 1. The summed E-state index contributed by atoms with van der Waals surface area (Å²) in [5, 5.41) is 0. The number of carbonyl (C=O) groups is 1. The van der Waals surface area contributed by atoms with Crippen LogP contribution in [0.25, 0.3) is 0 Å². The highest BCUT2D eigenvalue weighted by Crippen LogP contribution is 2.27. The Bertz CT molecular complexity index is 363. The van der Waals surface area contributed by atoms with Gasteiger partial charge in [0.2, 0.25) is 0 Å². The highest BCUT2D eigenvalue weighted by atomic mass is 16.5. The molecule has 1 aromatic rings. The lowest BCUT2D eigenvalue weighted by Gasteiger charge is -2.09. The molecule has 0 saturated carbocycles. The zero-order valence-electron chi connectivity index (χ0n) is 9.66. The molecule has 4 nitrogen and oxygen atoms in total. The lowest BCUT2D eigenvalue weighted by molar-refractivity contribution is -0.117. The van der Waals surface area contributed by atoms with E-state index < -0.39 is 0 Å². The molecular formula is C12H17NO3. The maximum Gasteiger partial charge on any atom is 0.160 e. The number of hydrogen-bond acceptors (Lipinski definition) is 4. The van der Waals surface area contributed by atoms with E-state index in [2.05, 4.69) is 0 Å². The van der Waals surface area contributed by atoms with Crippen molar-refractivity contribution in [3.63, 3.8) is 0 Å². The summed E-state index contributed by atoms with van der Waals surface area (Å²) < 4.78 is 10.3. The van der Waals surface area contributed by atoms with Crippen LogP contribution in [0.3, 0.4) is 0 Å². The fourth-order valence-corrected chi connectivity index (χ4v) is 1.42. The van der Waals surface area contributed by atoms with Crippen LogP contribution in [0, 0.1) is 0 Å². The minimum Gasteiger partial charge on any atom is -0.493 e. The van der Waals surface area contributed by atoms with Gasteiger partial charge in [-0.1, -0.05) is 6.07 Å². The third-order valence-electron chi connectivity index (χ3n) is 2.37. The number of benzene rings is 1. The summed E-state index contributed by atoms with van der Waals surface area (Å²) in [5.41, 5.74) is 6.28. The van der Waals surface area contributed by atoms with E-state index in [-0.39, 0.29) is 12.3 Å². The summed E-state index contributed by atoms with van der Waals surface area (Å²) >= 11 is 0. The molecule has 0 heterocycles. The molecule has 4 heteroatoms. The Balaban J connectivity index is 2.71. The van der Waals surface area contributed by atoms with Gasteiger partial charge in [0.15, 0.2) is 11.5 Å². The van der Waals surface area contributed by atoms with Crippen molar-refractivity contribution in [1.29, 1.82) is 0 Å². The van der Waals surface area contributed by atoms with Crippen molar-refractivity contribution in [3.05, 3.63) is 23.8 Å². The van der Waals surface area contributed by atoms with Crippen LogP contribution in [-0.4, -0.2) is 26.5 Å². The van der Waals surface area contributed by atoms with E-state index in [1.165, 1.54) is 0 Å². The van der Waals surface area contributed by atoms with Crippen LogP contribution < -0.4 is 15.2 Å². The Kier molecular flexibility index (Phi) is 4.79.